The second-order valence-corrected chi connectivity index (χ2v) is 14.4. The monoisotopic (exact) mass is 828 g/mol. The van der Waals surface area contributed by atoms with Crippen LogP contribution in [0.2, 0.25) is 0 Å². The maximum absolute atomic E-state index is 12.7. The molecule has 2 aliphatic rings. The second kappa shape index (κ2) is 22.5. The summed E-state index contributed by atoms with van der Waals surface area (Å²) in [6, 6.07) is 37.9. The fourth-order valence-electron chi connectivity index (χ4n) is 7.04. The van der Waals surface area contributed by atoms with Gasteiger partial charge in [-0.1, -0.05) is 121 Å². The molecule has 1 N–H and O–H groups in total. The molecule has 60 heavy (non-hydrogen) atoms. The SMILES string of the molecule is CC(=O)OC[C@@H]1O[C@@H](OC[C@H]2O[C@@H](O)[C@H](OCc3ccccc3)[C@@H](OCc3ccccc3)[C@@H]2OCc2ccccc2)[C@H](OC(C)=O)[C@@H](OCc2ccccc2)[C@@H]1OC(C)=O. The van der Waals surface area contributed by atoms with Gasteiger partial charge in [0.1, 0.15) is 43.2 Å². The van der Waals surface area contributed by atoms with Crippen LogP contribution in [0.5, 0.6) is 0 Å². The Bertz CT molecular complexity index is 1900. The lowest BCUT2D eigenvalue weighted by Crippen LogP contribution is -2.64. The summed E-state index contributed by atoms with van der Waals surface area (Å²) < 4.78 is 61.8. The van der Waals surface area contributed by atoms with Gasteiger partial charge in [0.2, 0.25) is 0 Å². The standard InChI is InChI=1S/C46H52O14/c1-30(47)51-28-38-40(57-31(2)48)42(54-26-35-20-12-6-13-21-35)44(58-32(3)49)46(60-38)56-29-37-39(52-24-33-16-8-4-9-17-33)41(53-25-34-18-10-5-11-19-34)43(45(50)59-37)55-27-36-22-14-7-15-23-36/h4-23,37-46,50H,24-29H2,1-3H3/t37-,38+,39-,40-,41+,42+,43-,44-,45-,46-/m1/s1. The molecule has 4 aromatic carbocycles. The van der Waals surface area contributed by atoms with Crippen molar-refractivity contribution in [2.45, 2.75) is 109 Å². The predicted molar refractivity (Wildman–Crippen MR) is 213 cm³/mol. The molecule has 0 amide bonds. The van der Waals surface area contributed by atoms with Gasteiger partial charge in [0.25, 0.3) is 0 Å². The van der Waals surface area contributed by atoms with Gasteiger partial charge in [-0.25, -0.2) is 0 Å². The van der Waals surface area contributed by atoms with Crippen LogP contribution in [0.3, 0.4) is 0 Å². The summed E-state index contributed by atoms with van der Waals surface area (Å²) >= 11 is 0. The van der Waals surface area contributed by atoms with Gasteiger partial charge in [-0.2, -0.15) is 0 Å². The van der Waals surface area contributed by atoms with E-state index >= 15 is 0 Å². The van der Waals surface area contributed by atoms with Crippen molar-refractivity contribution in [3.8, 4) is 0 Å². The first kappa shape index (κ1) is 44.5. The number of ether oxygens (including phenoxy) is 10. The number of aliphatic hydroxyl groups is 1. The van der Waals surface area contributed by atoms with Gasteiger partial charge in [-0.3, -0.25) is 14.4 Å². The summed E-state index contributed by atoms with van der Waals surface area (Å²) in [5, 5.41) is 11.6. The molecule has 2 saturated heterocycles. The van der Waals surface area contributed by atoms with E-state index < -0.39 is 79.3 Å². The van der Waals surface area contributed by atoms with Gasteiger partial charge in [-0.05, 0) is 22.3 Å². The first-order chi connectivity index (χ1) is 29.1. The van der Waals surface area contributed by atoms with E-state index in [1.54, 1.807) is 0 Å². The molecular weight excluding hydrogens is 776 g/mol. The molecule has 0 radical (unpaired) electrons. The Hall–Kier alpha value is -5.03. The topological polar surface area (TPSA) is 164 Å². The summed E-state index contributed by atoms with van der Waals surface area (Å²) in [5.41, 5.74) is 3.43. The van der Waals surface area contributed by atoms with E-state index in [0.717, 1.165) is 22.3 Å². The first-order valence-corrected chi connectivity index (χ1v) is 19.8. The van der Waals surface area contributed by atoms with Crippen LogP contribution in [0, 0.1) is 0 Å². The van der Waals surface area contributed by atoms with Crippen molar-refractivity contribution in [2.75, 3.05) is 13.2 Å². The zero-order chi connectivity index (χ0) is 42.3. The summed E-state index contributed by atoms with van der Waals surface area (Å²) in [4.78, 5) is 37.1. The van der Waals surface area contributed by atoms with Gasteiger partial charge >= 0.3 is 17.9 Å². The lowest BCUT2D eigenvalue weighted by Gasteiger charge is -2.46. The highest BCUT2D eigenvalue weighted by Crippen LogP contribution is 2.34. The molecular formula is C46H52O14. The third-order valence-corrected chi connectivity index (χ3v) is 9.82. The van der Waals surface area contributed by atoms with Crippen molar-refractivity contribution in [3.05, 3.63) is 144 Å². The van der Waals surface area contributed by atoms with E-state index in [-0.39, 0.29) is 39.6 Å². The normalized spacial score (nSPS) is 26.5. The van der Waals surface area contributed by atoms with Gasteiger partial charge in [0.05, 0.1) is 33.0 Å². The minimum atomic E-state index is -1.50. The molecule has 14 nitrogen and oxygen atoms in total. The fourth-order valence-corrected chi connectivity index (χ4v) is 7.04. The van der Waals surface area contributed by atoms with Gasteiger partial charge in [0.15, 0.2) is 24.8 Å². The van der Waals surface area contributed by atoms with Crippen LogP contribution in [0.15, 0.2) is 121 Å². The maximum Gasteiger partial charge on any atom is 0.303 e. The van der Waals surface area contributed by atoms with Gasteiger partial charge in [-0.15, -0.1) is 0 Å². The minimum Gasteiger partial charge on any atom is -0.463 e. The Morgan fingerprint density at radius 2 is 0.833 bits per heavy atom. The van der Waals surface area contributed by atoms with E-state index in [9.17, 15) is 19.5 Å². The van der Waals surface area contributed by atoms with Crippen LogP contribution in [0.1, 0.15) is 43.0 Å². The number of carbonyl (C=O) groups excluding carboxylic acids is 3. The van der Waals surface area contributed by atoms with E-state index in [1.807, 2.05) is 121 Å². The summed E-state index contributed by atoms with van der Waals surface area (Å²) in [6.45, 7) is 3.53. The lowest BCUT2D eigenvalue weighted by atomic mass is 9.97. The molecule has 2 fully saturated rings. The van der Waals surface area contributed by atoms with Crippen molar-refractivity contribution in [3.63, 3.8) is 0 Å². The van der Waals surface area contributed by atoms with Crippen LogP contribution in [0.4, 0.5) is 0 Å². The molecule has 0 saturated carbocycles. The Morgan fingerprint density at radius 3 is 1.27 bits per heavy atom. The molecule has 2 aliphatic heterocycles. The average molecular weight is 829 g/mol. The highest BCUT2D eigenvalue weighted by molar-refractivity contribution is 5.67. The Morgan fingerprint density at radius 1 is 0.450 bits per heavy atom. The quantitative estimate of drug-likeness (QED) is 0.0968. The summed E-state index contributed by atoms with van der Waals surface area (Å²) in [5.74, 6) is -1.96. The van der Waals surface area contributed by atoms with Crippen LogP contribution in [0.25, 0.3) is 0 Å². The summed E-state index contributed by atoms with van der Waals surface area (Å²) in [6.07, 6.45) is -11.4. The molecule has 0 aliphatic carbocycles. The Labute approximate surface area is 349 Å². The molecule has 6 rings (SSSR count). The molecule has 4 aromatic rings. The molecule has 0 unspecified atom stereocenters. The minimum absolute atomic E-state index is 0.0339. The number of benzene rings is 4. The van der Waals surface area contributed by atoms with Crippen LogP contribution >= 0.6 is 0 Å². The van der Waals surface area contributed by atoms with E-state index in [4.69, 9.17) is 47.4 Å². The van der Waals surface area contributed by atoms with Crippen molar-refractivity contribution < 1.29 is 66.9 Å². The second-order valence-electron chi connectivity index (χ2n) is 14.4. The zero-order valence-corrected chi connectivity index (χ0v) is 33.8. The molecule has 320 valence electrons. The molecule has 14 heteroatoms. The lowest BCUT2D eigenvalue weighted by molar-refractivity contribution is -0.341. The van der Waals surface area contributed by atoms with E-state index in [2.05, 4.69) is 0 Å². The average Bonchev–Trinajstić information content (AvgIpc) is 3.25. The van der Waals surface area contributed by atoms with Crippen LogP contribution < -0.4 is 0 Å². The smallest absolute Gasteiger partial charge is 0.303 e. The molecule has 0 aromatic heterocycles. The van der Waals surface area contributed by atoms with Crippen LogP contribution in [-0.2, 0) is 88.2 Å². The zero-order valence-electron chi connectivity index (χ0n) is 33.8. The van der Waals surface area contributed by atoms with Crippen molar-refractivity contribution in [2.24, 2.45) is 0 Å². The van der Waals surface area contributed by atoms with Crippen molar-refractivity contribution in [1.29, 1.82) is 0 Å². The highest BCUT2D eigenvalue weighted by Gasteiger charge is 2.53. The van der Waals surface area contributed by atoms with E-state index in [0.29, 0.717) is 0 Å². The van der Waals surface area contributed by atoms with Gasteiger partial charge < -0.3 is 52.5 Å². The van der Waals surface area contributed by atoms with Crippen molar-refractivity contribution in [1.82, 2.24) is 0 Å². The molecule has 10 atom stereocenters. The maximum atomic E-state index is 12.7. The number of hydrogen-bond donors (Lipinski definition) is 1. The molecule has 2 heterocycles. The Balaban J connectivity index is 1.30. The van der Waals surface area contributed by atoms with E-state index in [1.165, 1.54) is 20.8 Å². The number of hydrogen-bond acceptors (Lipinski definition) is 14. The number of rotatable bonds is 19. The highest BCUT2D eigenvalue weighted by atomic mass is 16.7. The predicted octanol–water partition coefficient (Wildman–Crippen LogP) is 5.21. The molecule has 0 bridgehead atoms. The van der Waals surface area contributed by atoms with Gasteiger partial charge in [0, 0.05) is 20.8 Å². The third-order valence-electron chi connectivity index (χ3n) is 9.82. The van der Waals surface area contributed by atoms with Crippen LogP contribution in [-0.4, -0.2) is 97.6 Å². The van der Waals surface area contributed by atoms with Crippen molar-refractivity contribution >= 4 is 17.9 Å². The number of aliphatic hydroxyl groups excluding tert-OH is 1. The number of carbonyl (C=O) groups is 3. The Kier molecular flexibility index (Phi) is 16.7. The summed E-state index contributed by atoms with van der Waals surface area (Å²) in [7, 11) is 0. The number of esters is 3. The largest absolute Gasteiger partial charge is 0.463 e. The molecule has 0 spiro atoms. The first-order valence-electron chi connectivity index (χ1n) is 19.8. The third kappa shape index (κ3) is 13.0. The fraction of sp³-hybridized carbons (Fsp3) is 0.413.